The second-order valence-electron chi connectivity index (χ2n) is 10.9. The summed E-state index contributed by atoms with van der Waals surface area (Å²) in [5, 5.41) is 13.7. The van der Waals surface area contributed by atoms with Crippen molar-refractivity contribution < 1.29 is 46.5 Å². The van der Waals surface area contributed by atoms with Gasteiger partial charge in [0.1, 0.15) is 40.5 Å². The van der Waals surface area contributed by atoms with E-state index in [0.29, 0.717) is 10.2 Å². The summed E-state index contributed by atoms with van der Waals surface area (Å²) in [7, 11) is 1.42. The minimum absolute atomic E-state index is 0.0359. The Hall–Kier alpha value is -4.50. The number of alkyl halides is 3. The van der Waals surface area contributed by atoms with Gasteiger partial charge in [0.15, 0.2) is 0 Å². The van der Waals surface area contributed by atoms with Crippen LogP contribution in [0.3, 0.4) is 0 Å². The van der Waals surface area contributed by atoms with Gasteiger partial charge in [-0.15, -0.1) is 0 Å². The number of primary amides is 1. The summed E-state index contributed by atoms with van der Waals surface area (Å²) in [6.45, 7) is 3.23. The van der Waals surface area contributed by atoms with E-state index >= 15 is 0 Å². The highest BCUT2D eigenvalue weighted by Crippen LogP contribution is 2.47. The molecule has 0 aliphatic carbocycles. The summed E-state index contributed by atoms with van der Waals surface area (Å²) in [6, 6.07) is 8.31. The Morgan fingerprint density at radius 2 is 1.87 bits per heavy atom. The van der Waals surface area contributed by atoms with Crippen molar-refractivity contribution in [2.45, 2.75) is 44.1 Å². The van der Waals surface area contributed by atoms with Crippen LogP contribution in [0.15, 0.2) is 42.5 Å². The molecule has 0 saturated carbocycles. The fourth-order valence-corrected chi connectivity index (χ4v) is 5.63. The number of benzene rings is 2. The molecule has 0 radical (unpaired) electrons. The SMILES string of the molecule is COc1nc2c(OC(C)C)cc(C(=O)NCC(O)(c3cc4c(c(-c5ccc(F)cc5)n3)OC[C@]4(C)C(N)=O)C(F)(F)F)cc2s1. The molecule has 3 heterocycles. The molecule has 0 spiro atoms. The molecule has 2 atom stereocenters. The number of aliphatic hydroxyl groups is 1. The molecule has 0 bridgehead atoms. The zero-order valence-electron chi connectivity index (χ0n) is 24.4. The van der Waals surface area contributed by atoms with Crippen LogP contribution in [0.4, 0.5) is 17.6 Å². The summed E-state index contributed by atoms with van der Waals surface area (Å²) < 4.78 is 75.0. The number of halogens is 4. The number of nitrogens with two attached hydrogens (primary N) is 1. The number of nitrogens with zero attached hydrogens (tertiary/aromatic N) is 2. The van der Waals surface area contributed by atoms with Crippen LogP contribution in [0.1, 0.15) is 42.4 Å². The van der Waals surface area contributed by atoms with Gasteiger partial charge in [-0.2, -0.15) is 18.2 Å². The topological polar surface area (TPSA) is 146 Å². The van der Waals surface area contributed by atoms with Gasteiger partial charge < -0.3 is 30.4 Å². The molecule has 2 amide bonds. The van der Waals surface area contributed by atoms with Crippen molar-refractivity contribution in [3.63, 3.8) is 0 Å². The Morgan fingerprint density at radius 3 is 2.47 bits per heavy atom. The Bertz CT molecular complexity index is 1800. The van der Waals surface area contributed by atoms with Gasteiger partial charge in [0.2, 0.25) is 11.5 Å². The third-order valence-corrected chi connectivity index (χ3v) is 8.34. The number of hydrogen-bond acceptors (Lipinski definition) is 9. The van der Waals surface area contributed by atoms with Gasteiger partial charge in [-0.25, -0.2) is 9.37 Å². The van der Waals surface area contributed by atoms with Crippen molar-refractivity contribution in [1.82, 2.24) is 15.3 Å². The average Bonchev–Trinajstić information content (AvgIpc) is 3.56. The van der Waals surface area contributed by atoms with Gasteiger partial charge in [0.25, 0.3) is 11.1 Å². The van der Waals surface area contributed by atoms with Crippen LogP contribution in [-0.4, -0.2) is 59.4 Å². The maximum Gasteiger partial charge on any atom is 0.424 e. The predicted molar refractivity (Wildman–Crippen MR) is 156 cm³/mol. The van der Waals surface area contributed by atoms with E-state index < -0.39 is 47.1 Å². The number of fused-ring (bicyclic) bond motifs is 2. The zero-order valence-corrected chi connectivity index (χ0v) is 25.2. The lowest BCUT2D eigenvalue weighted by atomic mass is 9.81. The molecule has 0 saturated heterocycles. The number of carbonyl (C=O) groups excluding carboxylic acids is 2. The van der Waals surface area contributed by atoms with Gasteiger partial charge in [0.05, 0.1) is 30.2 Å². The molecule has 15 heteroatoms. The smallest absolute Gasteiger partial charge is 0.424 e. The first-order chi connectivity index (χ1) is 21.1. The van der Waals surface area contributed by atoms with Crippen molar-refractivity contribution in [2.24, 2.45) is 5.73 Å². The highest BCUT2D eigenvalue weighted by Gasteiger charge is 2.57. The predicted octanol–water partition coefficient (Wildman–Crippen LogP) is 4.61. The molecule has 4 N–H and O–H groups in total. The van der Waals surface area contributed by atoms with Crippen molar-refractivity contribution in [3.05, 3.63) is 65.1 Å². The molecule has 4 aromatic rings. The summed E-state index contributed by atoms with van der Waals surface area (Å²) in [5.41, 5.74) is -0.373. The molecular weight excluding hydrogens is 620 g/mol. The van der Waals surface area contributed by atoms with Crippen LogP contribution in [0.2, 0.25) is 0 Å². The number of ether oxygens (including phenoxy) is 3. The molecule has 10 nitrogen and oxygen atoms in total. The molecule has 1 aliphatic heterocycles. The van der Waals surface area contributed by atoms with Crippen LogP contribution in [-0.2, 0) is 15.8 Å². The van der Waals surface area contributed by atoms with E-state index in [0.717, 1.165) is 29.5 Å². The monoisotopic (exact) mass is 648 g/mol. The van der Waals surface area contributed by atoms with Crippen LogP contribution < -0.4 is 25.3 Å². The van der Waals surface area contributed by atoms with E-state index in [9.17, 15) is 32.3 Å². The molecule has 0 fully saturated rings. The minimum atomic E-state index is -5.37. The number of amides is 2. The van der Waals surface area contributed by atoms with Crippen molar-refractivity contribution in [1.29, 1.82) is 0 Å². The first-order valence-corrected chi connectivity index (χ1v) is 14.4. The number of pyridine rings is 1. The molecule has 1 aliphatic rings. The van der Waals surface area contributed by atoms with Crippen molar-refractivity contribution >= 4 is 33.4 Å². The summed E-state index contributed by atoms with van der Waals surface area (Å²) in [5.74, 6) is -2.27. The van der Waals surface area contributed by atoms with Crippen molar-refractivity contribution in [2.75, 3.05) is 20.3 Å². The quantitative estimate of drug-likeness (QED) is 0.223. The van der Waals surface area contributed by atoms with E-state index in [1.165, 1.54) is 38.3 Å². The Labute approximate surface area is 258 Å². The van der Waals surface area contributed by atoms with E-state index in [4.69, 9.17) is 19.9 Å². The molecule has 2 aromatic heterocycles. The lowest BCUT2D eigenvalue weighted by Gasteiger charge is -2.31. The molecule has 238 valence electrons. The van der Waals surface area contributed by atoms with E-state index in [-0.39, 0.29) is 51.8 Å². The number of carbonyl (C=O) groups is 2. The molecular formula is C30H28F4N4O6S. The van der Waals surface area contributed by atoms with E-state index in [2.05, 4.69) is 15.3 Å². The molecule has 45 heavy (non-hydrogen) atoms. The van der Waals surface area contributed by atoms with E-state index in [1.807, 2.05) is 0 Å². The molecule has 5 rings (SSSR count). The normalized spacial score (nSPS) is 17.5. The first-order valence-electron chi connectivity index (χ1n) is 13.5. The lowest BCUT2D eigenvalue weighted by molar-refractivity contribution is -0.265. The van der Waals surface area contributed by atoms with Gasteiger partial charge in [-0.3, -0.25) is 9.59 Å². The van der Waals surface area contributed by atoms with Crippen LogP contribution in [0, 0.1) is 5.82 Å². The number of nitrogens with one attached hydrogen (secondary N) is 1. The third kappa shape index (κ3) is 5.73. The second-order valence-corrected chi connectivity index (χ2v) is 11.9. The fraction of sp³-hybridized carbons (Fsp3) is 0.333. The maximum absolute atomic E-state index is 14.7. The fourth-order valence-electron chi connectivity index (χ4n) is 4.79. The number of hydrogen-bond donors (Lipinski definition) is 3. The van der Waals surface area contributed by atoms with Gasteiger partial charge >= 0.3 is 6.18 Å². The third-order valence-electron chi connectivity index (χ3n) is 7.37. The number of aromatic nitrogens is 2. The van der Waals surface area contributed by atoms with Gasteiger partial charge in [0, 0.05) is 16.7 Å². The zero-order chi connectivity index (χ0) is 32.9. The Balaban J connectivity index is 1.57. The second kappa shape index (κ2) is 11.5. The van der Waals surface area contributed by atoms with E-state index in [1.54, 1.807) is 13.8 Å². The number of thiazole rings is 1. The summed E-state index contributed by atoms with van der Waals surface area (Å²) in [6.07, 6.45) is -5.68. The van der Waals surface area contributed by atoms with Crippen LogP contribution in [0.25, 0.3) is 21.5 Å². The average molecular weight is 649 g/mol. The molecule has 2 aromatic carbocycles. The lowest BCUT2D eigenvalue weighted by Crippen LogP contribution is -2.51. The Kier molecular flexibility index (Phi) is 8.12. The summed E-state index contributed by atoms with van der Waals surface area (Å²) >= 11 is 1.10. The van der Waals surface area contributed by atoms with Crippen LogP contribution >= 0.6 is 11.3 Å². The largest absolute Gasteiger partial charge is 0.489 e. The van der Waals surface area contributed by atoms with Gasteiger partial charge in [-0.1, -0.05) is 11.3 Å². The highest BCUT2D eigenvalue weighted by atomic mass is 32.1. The minimum Gasteiger partial charge on any atom is -0.489 e. The van der Waals surface area contributed by atoms with Gasteiger partial charge in [-0.05, 0) is 63.2 Å². The summed E-state index contributed by atoms with van der Waals surface area (Å²) in [4.78, 5) is 34.1. The Morgan fingerprint density at radius 1 is 1.18 bits per heavy atom. The number of rotatable bonds is 9. The first kappa shape index (κ1) is 31.9. The highest BCUT2D eigenvalue weighted by molar-refractivity contribution is 7.20. The standard InChI is InChI=1S/C30H28F4N4O6S/c1-14(2)44-19-9-16(10-20-23(19)38-27(42-4)45-20)25(39)36-12-29(41,30(32,33)34)21-11-18-24(43-13-28(18,3)26(35)40)22(37-21)15-5-7-17(31)8-6-15/h5-11,14,41H,12-13H2,1-4H3,(H2,35,40)(H,36,39)/t28-,29?/m0/s1. The number of methoxy groups -OCH3 is 1. The maximum atomic E-state index is 14.7. The molecule has 1 unspecified atom stereocenters. The van der Waals surface area contributed by atoms with Crippen molar-refractivity contribution in [3.8, 4) is 28.0 Å². The van der Waals surface area contributed by atoms with Crippen LogP contribution in [0.5, 0.6) is 16.7 Å².